The van der Waals surface area contributed by atoms with Crippen molar-refractivity contribution in [3.63, 3.8) is 0 Å². The van der Waals surface area contributed by atoms with Crippen molar-refractivity contribution in [2.24, 2.45) is 4.99 Å². The van der Waals surface area contributed by atoms with Crippen LogP contribution in [0.25, 0.3) is 0 Å². The van der Waals surface area contributed by atoms with E-state index in [1.165, 1.54) is 6.20 Å². The van der Waals surface area contributed by atoms with Crippen molar-refractivity contribution in [1.29, 1.82) is 0 Å². The van der Waals surface area contributed by atoms with Gasteiger partial charge in [-0.2, -0.15) is 0 Å². The molecule has 0 aromatic rings. The third-order valence-electron chi connectivity index (χ3n) is 1.45. The number of carbonyl (C=O) groups is 1. The van der Waals surface area contributed by atoms with Crippen molar-refractivity contribution >= 4 is 32.3 Å². The maximum absolute atomic E-state index is 11.0. The lowest BCUT2D eigenvalue weighted by molar-refractivity contribution is -0.149. The van der Waals surface area contributed by atoms with Gasteiger partial charge in [0.25, 0.3) is 0 Å². The first-order valence-corrected chi connectivity index (χ1v) is 4.58. The molecule has 1 saturated heterocycles. The van der Waals surface area contributed by atoms with Crippen LogP contribution in [0.4, 0.5) is 0 Å². The van der Waals surface area contributed by atoms with Crippen LogP contribution in [0.5, 0.6) is 0 Å². The molecule has 0 spiro atoms. The molecule has 0 radical (unpaired) electrons. The number of aliphatic imine (C=N–C) groups is 1. The number of esters is 1. The van der Waals surface area contributed by atoms with E-state index in [9.17, 15) is 4.79 Å². The summed E-state index contributed by atoms with van der Waals surface area (Å²) in [4.78, 5) is 14.9. The van der Waals surface area contributed by atoms with Gasteiger partial charge in [0.1, 0.15) is 0 Å². The van der Waals surface area contributed by atoms with Crippen LogP contribution in [0.3, 0.4) is 0 Å². The molecular weight excluding hydrogens is 285 g/mol. The standard InChI is InChI=1S/C8H8INO3/c1-4-6(3-10-5(2)9)8(12)13-7(4)11/h3,7,11H,1H2,2H3/b6-3+,10-5+. The summed E-state index contributed by atoms with van der Waals surface area (Å²) in [5.41, 5.74) is 0.481. The molecule has 1 atom stereocenters. The number of ether oxygens (including phenoxy) is 1. The van der Waals surface area contributed by atoms with E-state index in [1.54, 1.807) is 6.92 Å². The first kappa shape index (κ1) is 10.4. The van der Waals surface area contributed by atoms with Gasteiger partial charge in [0.2, 0.25) is 6.29 Å². The first-order valence-electron chi connectivity index (χ1n) is 3.50. The Labute approximate surface area is 89.1 Å². The normalized spacial score (nSPS) is 26.8. The van der Waals surface area contributed by atoms with Gasteiger partial charge in [0, 0.05) is 11.8 Å². The first-order chi connectivity index (χ1) is 6.02. The second-order valence-corrected chi connectivity index (χ2v) is 4.01. The highest BCUT2D eigenvalue weighted by Crippen LogP contribution is 2.23. The van der Waals surface area contributed by atoms with Gasteiger partial charge in [-0.05, 0) is 29.5 Å². The van der Waals surface area contributed by atoms with Crippen molar-refractivity contribution in [1.82, 2.24) is 0 Å². The molecule has 0 aromatic heterocycles. The number of aliphatic hydroxyl groups excluding tert-OH is 1. The lowest BCUT2D eigenvalue weighted by atomic mass is 10.1. The van der Waals surface area contributed by atoms with E-state index in [0.717, 1.165) is 3.72 Å². The third kappa shape index (κ3) is 2.38. The minimum Gasteiger partial charge on any atom is -0.428 e. The average molecular weight is 293 g/mol. The van der Waals surface area contributed by atoms with Gasteiger partial charge in [0.15, 0.2) is 0 Å². The Morgan fingerprint density at radius 3 is 2.85 bits per heavy atom. The Bertz CT molecular complexity index is 315. The highest BCUT2D eigenvalue weighted by molar-refractivity contribution is 14.1. The summed E-state index contributed by atoms with van der Waals surface area (Å²) in [5, 5.41) is 9.07. The summed E-state index contributed by atoms with van der Waals surface area (Å²) in [6.45, 7) is 5.30. The fourth-order valence-electron chi connectivity index (χ4n) is 0.789. The van der Waals surface area contributed by atoms with Crippen molar-refractivity contribution in [2.75, 3.05) is 0 Å². The van der Waals surface area contributed by atoms with Gasteiger partial charge >= 0.3 is 5.97 Å². The van der Waals surface area contributed by atoms with Crippen LogP contribution in [0.1, 0.15) is 6.92 Å². The highest BCUT2D eigenvalue weighted by atomic mass is 127. The van der Waals surface area contributed by atoms with Crippen LogP contribution in [0.15, 0.2) is 28.9 Å². The third-order valence-corrected chi connectivity index (χ3v) is 1.73. The zero-order valence-corrected chi connectivity index (χ0v) is 9.11. The number of hydrogen-bond acceptors (Lipinski definition) is 4. The van der Waals surface area contributed by atoms with E-state index in [-0.39, 0.29) is 11.1 Å². The predicted molar refractivity (Wildman–Crippen MR) is 56.5 cm³/mol. The molecule has 0 saturated carbocycles. The highest BCUT2D eigenvalue weighted by Gasteiger charge is 2.31. The molecule has 1 aliphatic heterocycles. The quantitative estimate of drug-likeness (QED) is 0.341. The lowest BCUT2D eigenvalue weighted by Gasteiger charge is -1.96. The molecule has 1 heterocycles. The molecule has 13 heavy (non-hydrogen) atoms. The van der Waals surface area contributed by atoms with Crippen LogP contribution in [-0.4, -0.2) is 21.1 Å². The van der Waals surface area contributed by atoms with E-state index >= 15 is 0 Å². The van der Waals surface area contributed by atoms with E-state index in [0.29, 0.717) is 0 Å². The zero-order chi connectivity index (χ0) is 10.0. The van der Waals surface area contributed by atoms with Crippen LogP contribution in [0, 0.1) is 0 Å². The number of carbonyl (C=O) groups excluding carboxylic acids is 1. The van der Waals surface area contributed by atoms with Gasteiger partial charge in [-0.3, -0.25) is 4.99 Å². The largest absolute Gasteiger partial charge is 0.428 e. The molecule has 1 rings (SSSR count). The topological polar surface area (TPSA) is 58.9 Å². The fourth-order valence-corrected chi connectivity index (χ4v) is 0.929. The minimum absolute atomic E-state index is 0.225. The Kier molecular flexibility index (Phi) is 3.21. The molecule has 1 unspecified atom stereocenters. The van der Waals surface area contributed by atoms with E-state index in [2.05, 4.69) is 16.3 Å². The number of cyclic esters (lactones) is 1. The van der Waals surface area contributed by atoms with Crippen LogP contribution in [-0.2, 0) is 9.53 Å². The Morgan fingerprint density at radius 2 is 2.46 bits per heavy atom. The smallest absolute Gasteiger partial charge is 0.342 e. The van der Waals surface area contributed by atoms with Gasteiger partial charge in [-0.25, -0.2) is 4.79 Å². The number of nitrogens with zero attached hydrogens (tertiary/aromatic N) is 1. The van der Waals surface area contributed by atoms with Crippen molar-refractivity contribution in [3.05, 3.63) is 23.9 Å². The lowest BCUT2D eigenvalue weighted by Crippen LogP contribution is -2.04. The van der Waals surface area contributed by atoms with Crippen molar-refractivity contribution in [3.8, 4) is 0 Å². The Morgan fingerprint density at radius 1 is 1.85 bits per heavy atom. The Hall–Kier alpha value is -0.690. The van der Waals surface area contributed by atoms with E-state index in [4.69, 9.17) is 5.11 Å². The second kappa shape index (κ2) is 4.01. The van der Waals surface area contributed by atoms with E-state index in [1.807, 2.05) is 22.6 Å². The number of hydrogen-bond donors (Lipinski definition) is 1. The number of aliphatic hydroxyl groups is 1. The maximum Gasteiger partial charge on any atom is 0.342 e. The molecular formula is C8H8INO3. The van der Waals surface area contributed by atoms with Crippen molar-refractivity contribution < 1.29 is 14.6 Å². The average Bonchev–Trinajstić information content (AvgIpc) is 2.24. The van der Waals surface area contributed by atoms with Gasteiger partial charge in [-0.1, -0.05) is 6.58 Å². The fraction of sp³-hybridized carbons (Fsp3) is 0.250. The minimum atomic E-state index is -1.22. The molecule has 1 aliphatic rings. The molecule has 0 aliphatic carbocycles. The molecule has 70 valence electrons. The Balaban J connectivity index is 2.92. The molecule has 4 nitrogen and oxygen atoms in total. The molecule has 1 N–H and O–H groups in total. The SMILES string of the molecule is C=C1/C(=C\N=C(/C)I)C(=O)OC1O. The van der Waals surface area contributed by atoms with Gasteiger partial charge in [0.05, 0.1) is 9.29 Å². The van der Waals surface area contributed by atoms with Crippen LogP contribution >= 0.6 is 22.6 Å². The molecule has 0 aromatic carbocycles. The summed E-state index contributed by atoms with van der Waals surface area (Å²) < 4.78 is 5.28. The van der Waals surface area contributed by atoms with Crippen molar-refractivity contribution in [2.45, 2.75) is 13.2 Å². The molecule has 0 bridgehead atoms. The van der Waals surface area contributed by atoms with Gasteiger partial charge in [-0.15, -0.1) is 0 Å². The summed E-state index contributed by atoms with van der Waals surface area (Å²) in [6, 6.07) is 0. The number of halogens is 1. The molecule has 5 heteroatoms. The molecule has 1 fully saturated rings. The zero-order valence-electron chi connectivity index (χ0n) is 6.95. The number of rotatable bonds is 1. The predicted octanol–water partition coefficient (Wildman–Crippen LogP) is 1.16. The van der Waals surface area contributed by atoms with Gasteiger partial charge < -0.3 is 9.84 Å². The van der Waals surface area contributed by atoms with E-state index < -0.39 is 12.3 Å². The monoisotopic (exact) mass is 293 g/mol. The van der Waals surface area contributed by atoms with Crippen LogP contribution < -0.4 is 0 Å². The second-order valence-electron chi connectivity index (χ2n) is 2.45. The maximum atomic E-state index is 11.0. The van der Waals surface area contributed by atoms with Crippen LogP contribution in [0.2, 0.25) is 0 Å². The summed E-state index contributed by atoms with van der Waals surface area (Å²) in [6.07, 6.45) is 0.131. The molecule has 0 amide bonds. The summed E-state index contributed by atoms with van der Waals surface area (Å²) in [7, 11) is 0. The summed E-state index contributed by atoms with van der Waals surface area (Å²) in [5.74, 6) is -0.584. The summed E-state index contributed by atoms with van der Waals surface area (Å²) >= 11 is 2.01.